The summed E-state index contributed by atoms with van der Waals surface area (Å²) in [7, 11) is 0.0661. The zero-order chi connectivity index (χ0) is 11.5. The third kappa shape index (κ3) is 4.18. The molecule has 0 heterocycles. The number of thiol groups is 1. The van der Waals surface area contributed by atoms with Crippen LogP contribution in [0.3, 0.4) is 0 Å². The topological polar surface area (TPSA) is 9.23 Å². The van der Waals surface area contributed by atoms with Gasteiger partial charge in [-0.25, -0.2) is 0 Å². The summed E-state index contributed by atoms with van der Waals surface area (Å²) in [5.74, 6) is 0. The molecule has 84 valence electrons. The number of halogens is 3. The van der Waals surface area contributed by atoms with Crippen molar-refractivity contribution in [3.05, 3.63) is 34.9 Å². The molecule has 0 radical (unpaired) electrons. The SMILES string of the molecule is CC(OC(F)(F)SS)c1ccc(Cl)cc1. The highest BCUT2D eigenvalue weighted by Crippen LogP contribution is 2.37. The third-order valence-electron chi connectivity index (χ3n) is 1.76. The molecule has 0 fully saturated rings. The van der Waals surface area contributed by atoms with Gasteiger partial charge in [0.15, 0.2) is 0 Å². The van der Waals surface area contributed by atoms with Gasteiger partial charge in [-0.2, -0.15) is 8.78 Å². The molecule has 1 unspecified atom stereocenters. The Morgan fingerprint density at radius 3 is 2.40 bits per heavy atom. The standard InChI is InChI=1S/C9H9ClF2OS2/c1-6(13-9(11,12)15-14)7-2-4-8(10)5-3-7/h2-6,14H,1H3. The second kappa shape index (κ2) is 5.39. The fourth-order valence-electron chi connectivity index (χ4n) is 1.03. The second-order valence-corrected chi connectivity index (χ2v) is 4.51. The number of rotatable bonds is 4. The van der Waals surface area contributed by atoms with Gasteiger partial charge < -0.3 is 4.74 Å². The molecule has 1 aromatic carbocycles. The van der Waals surface area contributed by atoms with Gasteiger partial charge in [0.05, 0.1) is 6.10 Å². The minimum absolute atomic E-state index is 0.0661. The molecule has 0 N–H and O–H groups in total. The van der Waals surface area contributed by atoms with Gasteiger partial charge in [0.2, 0.25) is 0 Å². The minimum atomic E-state index is -3.29. The number of alkyl halides is 2. The van der Waals surface area contributed by atoms with Crippen molar-refractivity contribution in [3.8, 4) is 0 Å². The molecule has 1 rings (SSSR count). The molecular weight excluding hydrogens is 262 g/mol. The van der Waals surface area contributed by atoms with E-state index >= 15 is 0 Å². The number of benzene rings is 1. The maximum Gasteiger partial charge on any atom is 0.418 e. The van der Waals surface area contributed by atoms with Crippen molar-refractivity contribution in [2.45, 2.75) is 18.5 Å². The zero-order valence-electron chi connectivity index (χ0n) is 7.78. The summed E-state index contributed by atoms with van der Waals surface area (Å²) in [5.41, 5.74) is -2.65. The lowest BCUT2D eigenvalue weighted by atomic mass is 10.1. The monoisotopic (exact) mass is 270 g/mol. The average molecular weight is 271 g/mol. The summed E-state index contributed by atoms with van der Waals surface area (Å²) in [6, 6.07) is 6.55. The Bertz CT molecular complexity index is 318. The number of hydrogen-bond donors (Lipinski definition) is 1. The molecule has 15 heavy (non-hydrogen) atoms. The summed E-state index contributed by atoms with van der Waals surface area (Å²) in [4.78, 5) is 0. The lowest BCUT2D eigenvalue weighted by Gasteiger charge is -2.19. The fourth-order valence-corrected chi connectivity index (χ4v) is 1.47. The third-order valence-corrected chi connectivity index (χ3v) is 2.96. The molecule has 0 saturated heterocycles. The van der Waals surface area contributed by atoms with Gasteiger partial charge in [-0.3, -0.25) is 0 Å². The summed E-state index contributed by atoms with van der Waals surface area (Å²) in [5, 5.41) is 0.557. The molecule has 0 spiro atoms. The Hall–Kier alpha value is 0.0300. The van der Waals surface area contributed by atoms with E-state index in [1.165, 1.54) is 0 Å². The summed E-state index contributed by atoms with van der Waals surface area (Å²) in [6.07, 6.45) is -0.711. The highest BCUT2D eigenvalue weighted by atomic mass is 35.5. The lowest BCUT2D eigenvalue weighted by Crippen LogP contribution is -2.16. The largest absolute Gasteiger partial charge is 0.418 e. The van der Waals surface area contributed by atoms with Crippen LogP contribution < -0.4 is 0 Å². The van der Waals surface area contributed by atoms with E-state index < -0.39 is 11.5 Å². The van der Waals surface area contributed by atoms with Crippen molar-refractivity contribution in [3.63, 3.8) is 0 Å². The molecule has 1 aromatic rings. The summed E-state index contributed by atoms with van der Waals surface area (Å²) < 4.78 is 30.1. The fraction of sp³-hybridized carbons (Fsp3) is 0.333. The van der Waals surface area contributed by atoms with Crippen LogP contribution in [0.4, 0.5) is 8.78 Å². The Balaban J connectivity index is 2.69. The smallest absolute Gasteiger partial charge is 0.303 e. The molecule has 0 aromatic heterocycles. The Morgan fingerprint density at radius 2 is 1.93 bits per heavy atom. The van der Waals surface area contributed by atoms with Gasteiger partial charge in [-0.05, 0) is 24.6 Å². The number of hydrogen-bond acceptors (Lipinski definition) is 3. The molecule has 1 nitrogen and oxygen atoms in total. The van der Waals surface area contributed by atoms with Crippen molar-refractivity contribution in [1.29, 1.82) is 0 Å². The lowest BCUT2D eigenvalue weighted by molar-refractivity contribution is -0.189. The van der Waals surface area contributed by atoms with E-state index in [2.05, 4.69) is 16.4 Å². The molecule has 0 bridgehead atoms. The Kier molecular flexibility index (Phi) is 4.70. The van der Waals surface area contributed by atoms with E-state index in [0.717, 1.165) is 0 Å². The predicted molar refractivity (Wildman–Crippen MR) is 62.5 cm³/mol. The molecule has 1 atom stereocenters. The van der Waals surface area contributed by atoms with E-state index in [1.54, 1.807) is 31.2 Å². The quantitative estimate of drug-likeness (QED) is 0.488. The molecule has 6 heteroatoms. The van der Waals surface area contributed by atoms with E-state index in [4.69, 9.17) is 11.6 Å². The van der Waals surface area contributed by atoms with Crippen LogP contribution in [0.2, 0.25) is 5.02 Å². The van der Waals surface area contributed by atoms with Crippen LogP contribution in [0.25, 0.3) is 0 Å². The molecule has 0 aliphatic rings. The first-order valence-electron chi connectivity index (χ1n) is 4.08. The van der Waals surface area contributed by atoms with Crippen LogP contribution in [0.5, 0.6) is 0 Å². The first kappa shape index (κ1) is 13.1. The van der Waals surface area contributed by atoms with Gasteiger partial charge in [0, 0.05) is 15.8 Å². The van der Waals surface area contributed by atoms with Crippen LogP contribution in [0, 0.1) is 0 Å². The maximum absolute atomic E-state index is 12.8. The van der Waals surface area contributed by atoms with E-state index in [1.807, 2.05) is 0 Å². The average Bonchev–Trinajstić information content (AvgIpc) is 2.18. The number of ether oxygens (including phenoxy) is 1. The van der Waals surface area contributed by atoms with Crippen LogP contribution in [0.15, 0.2) is 24.3 Å². The molecule has 0 saturated carbocycles. The van der Waals surface area contributed by atoms with Crippen molar-refractivity contribution in [2.24, 2.45) is 0 Å². The van der Waals surface area contributed by atoms with Crippen LogP contribution in [0.1, 0.15) is 18.6 Å². The highest BCUT2D eigenvalue weighted by molar-refractivity contribution is 8.69. The highest BCUT2D eigenvalue weighted by Gasteiger charge is 2.32. The van der Waals surface area contributed by atoms with Crippen molar-refractivity contribution >= 4 is 34.1 Å². The maximum atomic E-state index is 12.8. The van der Waals surface area contributed by atoms with Crippen LogP contribution >= 0.6 is 34.1 Å². The van der Waals surface area contributed by atoms with E-state index in [0.29, 0.717) is 10.6 Å². The van der Waals surface area contributed by atoms with Gasteiger partial charge in [0.25, 0.3) is 0 Å². The molecule has 0 aliphatic heterocycles. The molecular formula is C9H9ClF2OS2. The normalized spacial score (nSPS) is 13.9. The minimum Gasteiger partial charge on any atom is -0.303 e. The van der Waals surface area contributed by atoms with Gasteiger partial charge in [-0.15, -0.1) is 11.7 Å². The molecule has 0 amide bonds. The van der Waals surface area contributed by atoms with Crippen molar-refractivity contribution in [2.75, 3.05) is 0 Å². The molecule has 0 aliphatic carbocycles. The Labute approximate surface area is 101 Å². The van der Waals surface area contributed by atoms with Crippen LogP contribution in [-0.2, 0) is 4.74 Å². The van der Waals surface area contributed by atoms with Gasteiger partial charge >= 0.3 is 5.44 Å². The van der Waals surface area contributed by atoms with E-state index in [-0.39, 0.29) is 10.8 Å². The first-order chi connectivity index (χ1) is 6.94. The summed E-state index contributed by atoms with van der Waals surface area (Å²) >= 11 is 9.10. The predicted octanol–water partition coefficient (Wildman–Crippen LogP) is 4.55. The van der Waals surface area contributed by atoms with Gasteiger partial charge in [0.1, 0.15) is 0 Å². The van der Waals surface area contributed by atoms with Crippen LogP contribution in [-0.4, -0.2) is 5.44 Å². The first-order valence-corrected chi connectivity index (χ1v) is 6.33. The second-order valence-electron chi connectivity index (χ2n) is 2.87. The zero-order valence-corrected chi connectivity index (χ0v) is 10.3. The van der Waals surface area contributed by atoms with Crippen molar-refractivity contribution in [1.82, 2.24) is 0 Å². The Morgan fingerprint density at radius 1 is 1.40 bits per heavy atom. The summed E-state index contributed by atoms with van der Waals surface area (Å²) in [6.45, 7) is 1.54. The van der Waals surface area contributed by atoms with Gasteiger partial charge in [-0.1, -0.05) is 23.7 Å². The van der Waals surface area contributed by atoms with Crippen molar-refractivity contribution < 1.29 is 13.5 Å². The van der Waals surface area contributed by atoms with E-state index in [9.17, 15) is 8.78 Å².